The Balaban J connectivity index is 1.52. The van der Waals surface area contributed by atoms with Gasteiger partial charge in [0.2, 0.25) is 0 Å². The highest BCUT2D eigenvalue weighted by Gasteiger charge is 2.47. The molecule has 14 heteroatoms. The van der Waals surface area contributed by atoms with Crippen LogP contribution >= 0.6 is 0 Å². The molecule has 0 bridgehead atoms. The molecule has 2 aromatic rings. The van der Waals surface area contributed by atoms with Crippen LogP contribution in [0.3, 0.4) is 0 Å². The normalized spacial score (nSPS) is 25.2. The minimum Gasteiger partial charge on any atom is -0.851 e. The maximum atomic E-state index is 14.7. The lowest BCUT2D eigenvalue weighted by molar-refractivity contribution is -0.535. The van der Waals surface area contributed by atoms with Crippen molar-refractivity contribution in [3.05, 3.63) is 46.5 Å². The van der Waals surface area contributed by atoms with Crippen molar-refractivity contribution < 1.29 is 36.2 Å². The molecule has 316 valence electrons. The van der Waals surface area contributed by atoms with Crippen LogP contribution in [-0.2, 0) is 31.1 Å². The fourth-order valence-electron chi connectivity index (χ4n) is 9.16. The molecular weight excluding hydrogens is 753 g/mol. The average Bonchev–Trinajstić information content (AvgIpc) is 3.40. The van der Waals surface area contributed by atoms with Crippen molar-refractivity contribution >= 4 is 43.0 Å². The third-order valence-corrected chi connectivity index (χ3v) is 14.9. The predicted octanol–water partition coefficient (Wildman–Crippen LogP) is 5.76. The van der Waals surface area contributed by atoms with Crippen molar-refractivity contribution in [2.75, 3.05) is 58.1 Å². The van der Waals surface area contributed by atoms with Crippen LogP contribution in [0, 0.1) is 0 Å². The molecule has 0 amide bonds. The summed E-state index contributed by atoms with van der Waals surface area (Å²) in [6.07, 6.45) is 3.28. The summed E-state index contributed by atoms with van der Waals surface area (Å²) in [6.45, 7) is 20.1. The predicted molar refractivity (Wildman–Crippen MR) is 224 cm³/mol. The number of nitrogens with zero attached hydrogens (tertiary/aromatic N) is 2. The summed E-state index contributed by atoms with van der Waals surface area (Å²) >= 11 is 0. The molecule has 0 radical (unpaired) electrons. The van der Waals surface area contributed by atoms with Gasteiger partial charge in [-0.05, 0) is 98.6 Å². The van der Waals surface area contributed by atoms with E-state index in [1.54, 1.807) is 0 Å². The van der Waals surface area contributed by atoms with E-state index in [4.69, 9.17) is 0 Å². The zero-order valence-corrected chi connectivity index (χ0v) is 36.4. The maximum Gasteiger partial charge on any atom is 0.264 e. The molecule has 1 saturated carbocycles. The second kappa shape index (κ2) is 17.3. The standard InChI is InChI=1S/C42H66N4O8S2/c1-9-11-17-43-33-25-35-31(41(5,6)27(3)45(35)19-12-10-2)23-29(33)37-39(47)38(40(37)48)30-24-32-36(26-34(30)44-18-13-15-21-55(49,50)51)46(28(4)42(32,7)8)20-14-16-22-56(52,53)54/h23-28,37-40,43-44H,9-22H2,1-8H3,(H,49,50,51)(H,52,53,54)/q-2. The Kier molecular flexibility index (Phi) is 13.7. The van der Waals surface area contributed by atoms with Crippen molar-refractivity contribution in [2.45, 2.75) is 154 Å². The van der Waals surface area contributed by atoms with Crippen LogP contribution in [0.5, 0.6) is 0 Å². The van der Waals surface area contributed by atoms with Gasteiger partial charge < -0.3 is 30.6 Å². The van der Waals surface area contributed by atoms with Crippen molar-refractivity contribution in [3.63, 3.8) is 0 Å². The molecule has 4 N–H and O–H groups in total. The lowest BCUT2D eigenvalue weighted by atomic mass is 9.61. The van der Waals surface area contributed by atoms with E-state index in [9.17, 15) is 36.2 Å². The van der Waals surface area contributed by atoms with E-state index in [0.29, 0.717) is 43.6 Å². The van der Waals surface area contributed by atoms with Gasteiger partial charge in [-0.1, -0.05) is 66.5 Å². The van der Waals surface area contributed by atoms with Crippen LogP contribution in [0.2, 0.25) is 0 Å². The highest BCUT2D eigenvalue weighted by Crippen LogP contribution is 2.55. The molecule has 0 saturated heterocycles. The molecule has 1 aliphatic carbocycles. The Morgan fingerprint density at radius 2 is 1.02 bits per heavy atom. The molecule has 5 rings (SSSR count). The number of nitrogens with one attached hydrogen (secondary N) is 2. The molecule has 1 fully saturated rings. The molecule has 2 aromatic carbocycles. The van der Waals surface area contributed by atoms with Crippen LogP contribution < -0.4 is 30.6 Å². The second-order valence-corrected chi connectivity index (χ2v) is 20.8. The molecule has 2 aliphatic heterocycles. The zero-order chi connectivity index (χ0) is 41.4. The van der Waals surface area contributed by atoms with Crippen LogP contribution in [0.4, 0.5) is 22.7 Å². The Hall–Kier alpha value is -2.62. The number of anilines is 4. The third kappa shape index (κ3) is 9.15. The molecule has 0 aromatic heterocycles. The van der Waals surface area contributed by atoms with Gasteiger partial charge in [0.15, 0.2) is 0 Å². The van der Waals surface area contributed by atoms with Gasteiger partial charge in [-0.3, -0.25) is 9.11 Å². The van der Waals surface area contributed by atoms with Crippen LogP contribution in [0.15, 0.2) is 24.3 Å². The first kappa shape index (κ1) is 44.5. The summed E-state index contributed by atoms with van der Waals surface area (Å²) in [5.41, 5.74) is 6.78. The smallest absolute Gasteiger partial charge is 0.264 e. The van der Waals surface area contributed by atoms with Gasteiger partial charge in [0.25, 0.3) is 20.2 Å². The van der Waals surface area contributed by atoms with E-state index >= 15 is 0 Å². The molecule has 0 spiro atoms. The zero-order valence-electron chi connectivity index (χ0n) is 34.7. The SMILES string of the molecule is CCCCNc1cc2c(cc1C1C([O-])C(c3cc4c(cc3NCCCCS(=O)(=O)O)N(CCCCS(=O)(=O)O)C(C)C4(C)C)C1[O-])C(C)(C)C(C)N2CCCC. The summed E-state index contributed by atoms with van der Waals surface area (Å²) in [7, 11) is -8.17. The van der Waals surface area contributed by atoms with Crippen molar-refractivity contribution in [3.8, 4) is 0 Å². The van der Waals surface area contributed by atoms with Crippen LogP contribution in [0.25, 0.3) is 0 Å². The maximum absolute atomic E-state index is 14.7. The Morgan fingerprint density at radius 3 is 1.43 bits per heavy atom. The summed E-state index contributed by atoms with van der Waals surface area (Å²) in [6, 6.07) is 8.65. The van der Waals surface area contributed by atoms with Crippen LogP contribution in [0.1, 0.15) is 141 Å². The van der Waals surface area contributed by atoms with Crippen molar-refractivity contribution in [1.29, 1.82) is 0 Å². The Bertz CT molecular complexity index is 1910. The first-order valence-electron chi connectivity index (χ1n) is 20.8. The highest BCUT2D eigenvalue weighted by atomic mass is 32.2. The third-order valence-electron chi connectivity index (χ3n) is 13.3. The Labute approximate surface area is 336 Å². The van der Waals surface area contributed by atoms with Gasteiger partial charge in [-0.2, -0.15) is 16.8 Å². The van der Waals surface area contributed by atoms with Gasteiger partial charge in [0.05, 0.1) is 11.5 Å². The van der Waals surface area contributed by atoms with Crippen molar-refractivity contribution in [2.24, 2.45) is 0 Å². The van der Waals surface area contributed by atoms with E-state index in [1.165, 1.54) is 11.3 Å². The lowest BCUT2D eigenvalue weighted by Crippen LogP contribution is -2.63. The fourth-order valence-corrected chi connectivity index (χ4v) is 10.3. The number of rotatable bonds is 20. The second-order valence-electron chi connectivity index (χ2n) is 17.6. The lowest BCUT2D eigenvalue weighted by Gasteiger charge is -2.62. The summed E-state index contributed by atoms with van der Waals surface area (Å²) in [5.74, 6) is -2.23. The number of hydrogen-bond acceptors (Lipinski definition) is 10. The van der Waals surface area contributed by atoms with E-state index in [0.717, 1.165) is 61.3 Å². The number of unbranched alkanes of at least 4 members (excludes halogenated alkanes) is 4. The minimum atomic E-state index is -4.10. The summed E-state index contributed by atoms with van der Waals surface area (Å²) < 4.78 is 64.0. The van der Waals surface area contributed by atoms with Crippen molar-refractivity contribution in [1.82, 2.24) is 0 Å². The fraction of sp³-hybridized carbons (Fsp3) is 0.714. The van der Waals surface area contributed by atoms with E-state index < -0.39 is 44.3 Å². The van der Waals surface area contributed by atoms with E-state index in [2.05, 4.69) is 88.0 Å². The van der Waals surface area contributed by atoms with Gasteiger partial charge in [0, 0.05) is 71.8 Å². The molecule has 3 aliphatic rings. The molecule has 4 atom stereocenters. The van der Waals surface area contributed by atoms with E-state index in [1.807, 2.05) is 12.1 Å². The molecule has 4 unspecified atom stereocenters. The van der Waals surface area contributed by atoms with Gasteiger partial charge in [0.1, 0.15) is 0 Å². The van der Waals surface area contributed by atoms with Gasteiger partial charge in [-0.15, -0.1) is 12.2 Å². The van der Waals surface area contributed by atoms with E-state index in [-0.39, 0.29) is 40.8 Å². The topological polar surface area (TPSA) is 185 Å². The Morgan fingerprint density at radius 1 is 0.625 bits per heavy atom. The molecule has 56 heavy (non-hydrogen) atoms. The quantitative estimate of drug-likeness (QED) is 0.0938. The monoisotopic (exact) mass is 818 g/mol. The molecule has 12 nitrogen and oxygen atoms in total. The number of fused-ring (bicyclic) bond motifs is 2. The van der Waals surface area contributed by atoms with Crippen LogP contribution in [-0.4, -0.2) is 87.9 Å². The molecular formula is C42H66N4O8S2-2. The molecule has 2 heterocycles. The minimum absolute atomic E-state index is 0.0205. The first-order chi connectivity index (χ1) is 26.2. The van der Waals surface area contributed by atoms with Gasteiger partial charge >= 0.3 is 0 Å². The average molecular weight is 819 g/mol. The van der Waals surface area contributed by atoms with Gasteiger partial charge in [-0.25, -0.2) is 0 Å². The number of benzene rings is 2. The summed E-state index contributed by atoms with van der Waals surface area (Å²) in [4.78, 5) is 4.71. The highest BCUT2D eigenvalue weighted by molar-refractivity contribution is 7.86. The largest absolute Gasteiger partial charge is 0.851 e. The first-order valence-corrected chi connectivity index (χ1v) is 24.0. The summed E-state index contributed by atoms with van der Waals surface area (Å²) in [5, 5.41) is 36.5. The number of hydrogen-bond donors (Lipinski definition) is 4.